The van der Waals surface area contributed by atoms with E-state index in [-0.39, 0.29) is 11.6 Å². The molecule has 0 radical (unpaired) electrons. The topological polar surface area (TPSA) is 120 Å². The van der Waals surface area contributed by atoms with Crippen molar-refractivity contribution in [3.8, 4) is 5.75 Å². The van der Waals surface area contributed by atoms with Gasteiger partial charge < -0.3 is 10.5 Å². The summed E-state index contributed by atoms with van der Waals surface area (Å²) in [6, 6.07) is 18.3. The molecular weight excluding hydrogens is 392 g/mol. The second-order valence-electron chi connectivity index (χ2n) is 5.89. The number of amides is 1. The van der Waals surface area contributed by atoms with Crippen LogP contribution in [-0.4, -0.2) is 17.9 Å². The number of hydrogen-bond donors (Lipinski definition) is 3. The van der Waals surface area contributed by atoms with Gasteiger partial charge in [0, 0.05) is 27.6 Å². The number of methoxy groups -OCH3 is 1. The number of hydrogen-bond acceptors (Lipinski definition) is 7. The third kappa shape index (κ3) is 4.96. The molecule has 0 unspecified atom stereocenters. The Morgan fingerprint density at radius 3 is 2.52 bits per heavy atom. The van der Waals surface area contributed by atoms with Gasteiger partial charge in [0.1, 0.15) is 5.75 Å². The summed E-state index contributed by atoms with van der Waals surface area (Å²) in [5.74, 6) is 0.202. The molecule has 9 heteroatoms. The number of carbonyl (C=O) groups excluding carboxylic acids is 1. The monoisotopic (exact) mass is 410 g/mol. The Hall–Kier alpha value is -3.72. The van der Waals surface area contributed by atoms with E-state index in [4.69, 9.17) is 10.5 Å². The van der Waals surface area contributed by atoms with E-state index in [0.29, 0.717) is 27.6 Å². The number of ether oxygens (including phenoxy) is 1. The molecule has 0 saturated carbocycles. The fraction of sp³-hybridized carbons (Fsp3) is 0.0500. The summed E-state index contributed by atoms with van der Waals surface area (Å²) >= 11 is 1.31. The SMILES string of the molecule is COc1ccccc1NNC(=O)c1cc(N)ccc1Sc1ccc([N+](=O)[O-])cc1. The summed E-state index contributed by atoms with van der Waals surface area (Å²) in [5, 5.41) is 10.8. The minimum absolute atomic E-state index is 0.00521. The number of anilines is 2. The van der Waals surface area contributed by atoms with Gasteiger partial charge in [-0.3, -0.25) is 25.8 Å². The van der Waals surface area contributed by atoms with Gasteiger partial charge in [0.05, 0.1) is 23.3 Å². The normalized spacial score (nSPS) is 10.2. The number of carbonyl (C=O) groups is 1. The molecule has 0 aliphatic rings. The van der Waals surface area contributed by atoms with E-state index in [9.17, 15) is 14.9 Å². The molecule has 3 rings (SSSR count). The molecule has 0 saturated heterocycles. The van der Waals surface area contributed by atoms with Crippen LogP contribution in [0.5, 0.6) is 5.75 Å². The maximum atomic E-state index is 12.8. The first-order chi connectivity index (χ1) is 14.0. The van der Waals surface area contributed by atoms with Gasteiger partial charge >= 0.3 is 0 Å². The predicted octanol–water partition coefficient (Wildman–Crippen LogP) is 4.09. The van der Waals surface area contributed by atoms with Gasteiger partial charge in [0.25, 0.3) is 11.6 Å². The highest BCUT2D eigenvalue weighted by molar-refractivity contribution is 7.99. The lowest BCUT2D eigenvalue weighted by molar-refractivity contribution is -0.384. The van der Waals surface area contributed by atoms with Crippen LogP contribution in [0, 0.1) is 10.1 Å². The maximum Gasteiger partial charge on any atom is 0.270 e. The first-order valence-corrected chi connectivity index (χ1v) is 9.31. The third-order valence-corrected chi connectivity index (χ3v) is 5.03. The van der Waals surface area contributed by atoms with E-state index in [1.807, 2.05) is 12.1 Å². The summed E-state index contributed by atoms with van der Waals surface area (Å²) in [6.07, 6.45) is 0. The summed E-state index contributed by atoms with van der Waals surface area (Å²) in [5.41, 5.74) is 12.8. The van der Waals surface area contributed by atoms with E-state index in [1.54, 1.807) is 49.6 Å². The lowest BCUT2D eigenvalue weighted by Gasteiger charge is -2.14. The maximum absolute atomic E-state index is 12.8. The third-order valence-electron chi connectivity index (χ3n) is 3.94. The van der Waals surface area contributed by atoms with E-state index in [0.717, 1.165) is 4.90 Å². The number of nitrogens with one attached hydrogen (secondary N) is 2. The fourth-order valence-corrected chi connectivity index (χ4v) is 3.44. The van der Waals surface area contributed by atoms with Gasteiger partial charge in [0.2, 0.25) is 0 Å². The van der Waals surface area contributed by atoms with Gasteiger partial charge in [-0.15, -0.1) is 0 Å². The lowest BCUT2D eigenvalue weighted by Crippen LogP contribution is -2.30. The van der Waals surface area contributed by atoms with Crippen LogP contribution in [0.25, 0.3) is 0 Å². The average molecular weight is 410 g/mol. The lowest BCUT2D eigenvalue weighted by atomic mass is 10.2. The van der Waals surface area contributed by atoms with Crippen molar-refractivity contribution in [3.63, 3.8) is 0 Å². The van der Waals surface area contributed by atoms with Crippen LogP contribution in [-0.2, 0) is 0 Å². The van der Waals surface area contributed by atoms with Crippen LogP contribution in [0.1, 0.15) is 10.4 Å². The van der Waals surface area contributed by atoms with Gasteiger partial charge in [0.15, 0.2) is 0 Å². The Balaban J connectivity index is 1.78. The smallest absolute Gasteiger partial charge is 0.270 e. The Kier molecular flexibility index (Phi) is 6.20. The summed E-state index contributed by atoms with van der Waals surface area (Å²) in [7, 11) is 1.54. The van der Waals surface area contributed by atoms with Crippen molar-refractivity contribution in [2.24, 2.45) is 0 Å². The van der Waals surface area contributed by atoms with Gasteiger partial charge in [-0.25, -0.2) is 0 Å². The molecular formula is C20H18N4O4S. The predicted molar refractivity (Wildman–Crippen MR) is 112 cm³/mol. The number of para-hydroxylation sites is 2. The second kappa shape index (κ2) is 8.98. The van der Waals surface area contributed by atoms with Crippen molar-refractivity contribution in [1.82, 2.24) is 5.43 Å². The quantitative estimate of drug-likeness (QED) is 0.305. The molecule has 148 valence electrons. The number of nitrogens with two attached hydrogens (primary N) is 1. The minimum Gasteiger partial charge on any atom is -0.495 e. The molecule has 0 fully saturated rings. The number of rotatable bonds is 7. The zero-order valence-electron chi connectivity index (χ0n) is 15.4. The molecule has 0 bridgehead atoms. The standard InChI is InChI=1S/C20H18N4O4S/c1-28-18-5-3-2-4-17(18)22-23-20(25)16-12-13(21)6-11-19(16)29-15-9-7-14(8-10-15)24(26)27/h2-12,22H,21H2,1H3,(H,23,25). The highest BCUT2D eigenvalue weighted by Gasteiger charge is 2.14. The van der Waals surface area contributed by atoms with Crippen molar-refractivity contribution in [2.75, 3.05) is 18.3 Å². The largest absolute Gasteiger partial charge is 0.495 e. The zero-order valence-corrected chi connectivity index (χ0v) is 16.2. The number of hydrazine groups is 1. The van der Waals surface area contributed by atoms with Gasteiger partial charge in [-0.2, -0.15) is 0 Å². The van der Waals surface area contributed by atoms with E-state index >= 15 is 0 Å². The molecule has 0 spiro atoms. The molecule has 1 amide bonds. The van der Waals surface area contributed by atoms with Crippen molar-refractivity contribution < 1.29 is 14.5 Å². The summed E-state index contributed by atoms with van der Waals surface area (Å²) in [4.78, 5) is 24.5. The number of nitrogen functional groups attached to an aromatic ring is 1. The van der Waals surface area contributed by atoms with E-state index in [1.165, 1.54) is 23.9 Å². The molecule has 0 aromatic heterocycles. The second-order valence-corrected chi connectivity index (χ2v) is 7.00. The Morgan fingerprint density at radius 1 is 1.10 bits per heavy atom. The molecule has 29 heavy (non-hydrogen) atoms. The number of benzene rings is 3. The van der Waals surface area contributed by atoms with Crippen LogP contribution < -0.4 is 21.3 Å². The molecule has 3 aromatic rings. The van der Waals surface area contributed by atoms with Crippen LogP contribution in [0.2, 0.25) is 0 Å². The first-order valence-electron chi connectivity index (χ1n) is 8.49. The van der Waals surface area contributed by atoms with Crippen LogP contribution in [0.4, 0.5) is 17.1 Å². The van der Waals surface area contributed by atoms with E-state index in [2.05, 4.69) is 10.9 Å². The fourth-order valence-electron chi connectivity index (χ4n) is 2.52. The highest BCUT2D eigenvalue weighted by atomic mass is 32.2. The molecule has 0 atom stereocenters. The molecule has 4 N–H and O–H groups in total. The number of nitro groups is 1. The molecule has 0 aliphatic heterocycles. The molecule has 8 nitrogen and oxygen atoms in total. The average Bonchev–Trinajstić information content (AvgIpc) is 2.73. The highest BCUT2D eigenvalue weighted by Crippen LogP contribution is 2.32. The van der Waals surface area contributed by atoms with E-state index < -0.39 is 4.92 Å². The minimum atomic E-state index is -0.458. The zero-order chi connectivity index (χ0) is 20.8. The van der Waals surface area contributed by atoms with Gasteiger partial charge in [-0.05, 0) is 42.5 Å². The van der Waals surface area contributed by atoms with Crippen molar-refractivity contribution in [1.29, 1.82) is 0 Å². The Labute approximate surface area is 171 Å². The van der Waals surface area contributed by atoms with Gasteiger partial charge in [-0.1, -0.05) is 23.9 Å². The number of nitrogens with zero attached hydrogens (tertiary/aromatic N) is 1. The Bertz CT molecular complexity index is 1040. The number of nitro benzene ring substituents is 1. The molecule has 3 aromatic carbocycles. The molecule has 0 aliphatic carbocycles. The van der Waals surface area contributed by atoms with Crippen molar-refractivity contribution >= 4 is 34.7 Å². The van der Waals surface area contributed by atoms with Crippen LogP contribution in [0.15, 0.2) is 76.5 Å². The summed E-state index contributed by atoms with van der Waals surface area (Å²) < 4.78 is 5.25. The van der Waals surface area contributed by atoms with Crippen LogP contribution in [0.3, 0.4) is 0 Å². The first kappa shape index (κ1) is 20.0. The van der Waals surface area contributed by atoms with Crippen molar-refractivity contribution in [2.45, 2.75) is 9.79 Å². The molecule has 0 heterocycles. The number of non-ortho nitro benzene ring substituents is 1. The Morgan fingerprint density at radius 2 is 1.83 bits per heavy atom. The van der Waals surface area contributed by atoms with Crippen molar-refractivity contribution in [3.05, 3.63) is 82.4 Å². The summed E-state index contributed by atoms with van der Waals surface area (Å²) in [6.45, 7) is 0. The van der Waals surface area contributed by atoms with Crippen LogP contribution >= 0.6 is 11.8 Å².